The average Bonchev–Trinajstić information content (AvgIpc) is 2.75. The second-order valence-corrected chi connectivity index (χ2v) is 5.04. The topological polar surface area (TPSA) is 47.0 Å². The molecule has 0 radical (unpaired) electrons. The Morgan fingerprint density at radius 1 is 1.22 bits per heavy atom. The van der Waals surface area contributed by atoms with E-state index in [1.165, 1.54) is 0 Å². The lowest BCUT2D eigenvalue weighted by molar-refractivity contribution is 0.299. The van der Waals surface area contributed by atoms with Crippen LogP contribution in [0.3, 0.4) is 0 Å². The van der Waals surface area contributed by atoms with Crippen molar-refractivity contribution in [3.05, 3.63) is 39.6 Å². The zero-order valence-electron chi connectivity index (χ0n) is 10.9. The van der Waals surface area contributed by atoms with Crippen LogP contribution in [0, 0.1) is 13.8 Å². The predicted molar refractivity (Wildman–Crippen MR) is 72.9 cm³/mol. The number of pyridine rings is 1. The van der Waals surface area contributed by atoms with E-state index in [9.17, 15) is 0 Å². The molecule has 0 bridgehead atoms. The van der Waals surface area contributed by atoms with Crippen molar-refractivity contribution in [3.63, 3.8) is 0 Å². The largest absolute Gasteiger partial charge is 0.484 e. The second kappa shape index (κ2) is 5.93. The molecule has 18 heavy (non-hydrogen) atoms. The number of aryl methyl sites for hydroxylation is 2. The molecule has 2 aromatic heterocycles. The van der Waals surface area contributed by atoms with E-state index in [1.807, 2.05) is 38.4 Å². The number of thiazole rings is 1. The number of ether oxygens (including phenoxy) is 1. The highest BCUT2D eigenvalue weighted by molar-refractivity contribution is 7.09. The van der Waals surface area contributed by atoms with Crippen molar-refractivity contribution in [3.8, 4) is 5.75 Å². The van der Waals surface area contributed by atoms with E-state index in [0.717, 1.165) is 27.8 Å². The normalized spacial score (nSPS) is 10.6. The third-order valence-corrected chi connectivity index (χ3v) is 3.37. The first-order chi connectivity index (χ1) is 8.69. The van der Waals surface area contributed by atoms with Gasteiger partial charge in [0.15, 0.2) is 0 Å². The summed E-state index contributed by atoms with van der Waals surface area (Å²) in [6.45, 7) is 5.17. The third kappa shape index (κ3) is 3.27. The molecule has 4 nitrogen and oxygen atoms in total. The molecule has 0 aliphatic rings. The fourth-order valence-corrected chi connectivity index (χ4v) is 2.31. The van der Waals surface area contributed by atoms with Crippen LogP contribution in [-0.2, 0) is 13.2 Å². The van der Waals surface area contributed by atoms with Gasteiger partial charge in [-0.05, 0) is 33.0 Å². The lowest BCUT2D eigenvalue weighted by atomic mass is 10.3. The summed E-state index contributed by atoms with van der Waals surface area (Å²) < 4.78 is 5.79. The van der Waals surface area contributed by atoms with E-state index < -0.39 is 0 Å². The number of hydrogen-bond acceptors (Lipinski definition) is 5. The van der Waals surface area contributed by atoms with Gasteiger partial charge in [0.1, 0.15) is 17.4 Å². The van der Waals surface area contributed by atoms with Crippen LogP contribution in [0.15, 0.2) is 17.5 Å². The van der Waals surface area contributed by atoms with Crippen LogP contribution in [0.2, 0.25) is 0 Å². The minimum Gasteiger partial charge on any atom is -0.484 e. The summed E-state index contributed by atoms with van der Waals surface area (Å²) in [4.78, 5) is 8.85. The molecule has 2 rings (SSSR count). The smallest absolute Gasteiger partial charge is 0.142 e. The van der Waals surface area contributed by atoms with E-state index in [4.69, 9.17) is 4.74 Å². The van der Waals surface area contributed by atoms with Crippen LogP contribution in [0.25, 0.3) is 0 Å². The van der Waals surface area contributed by atoms with Gasteiger partial charge in [-0.3, -0.25) is 4.98 Å². The minimum absolute atomic E-state index is 0.500. The summed E-state index contributed by atoms with van der Waals surface area (Å²) in [5.41, 5.74) is 2.97. The fourth-order valence-electron chi connectivity index (χ4n) is 1.63. The minimum atomic E-state index is 0.500. The van der Waals surface area contributed by atoms with Gasteiger partial charge in [-0.25, -0.2) is 4.98 Å². The van der Waals surface area contributed by atoms with Gasteiger partial charge in [0.25, 0.3) is 0 Å². The predicted octanol–water partition coefficient (Wildman–Crippen LogP) is 2.45. The molecule has 0 aromatic carbocycles. The molecule has 0 saturated heterocycles. The Morgan fingerprint density at radius 3 is 2.72 bits per heavy atom. The molecule has 2 aromatic rings. The molecular weight excluding hydrogens is 246 g/mol. The van der Waals surface area contributed by atoms with Gasteiger partial charge in [0, 0.05) is 23.3 Å². The first-order valence-electron chi connectivity index (χ1n) is 5.84. The monoisotopic (exact) mass is 263 g/mol. The molecule has 5 heteroatoms. The van der Waals surface area contributed by atoms with E-state index in [2.05, 4.69) is 15.3 Å². The standard InChI is InChI=1S/C13H17N3OS/c1-9-4-5-12(11(15-9)6-14-3)17-7-13-16-10(2)8-18-13/h4-5,8,14H,6-7H2,1-3H3. The second-order valence-electron chi connectivity index (χ2n) is 4.10. The van der Waals surface area contributed by atoms with E-state index in [0.29, 0.717) is 13.2 Å². The summed E-state index contributed by atoms with van der Waals surface area (Å²) >= 11 is 1.62. The van der Waals surface area contributed by atoms with Crippen LogP contribution < -0.4 is 10.1 Å². The number of rotatable bonds is 5. The van der Waals surface area contributed by atoms with Gasteiger partial charge in [-0.15, -0.1) is 11.3 Å². The maximum absolute atomic E-state index is 5.79. The van der Waals surface area contributed by atoms with Gasteiger partial charge >= 0.3 is 0 Å². The number of nitrogens with zero attached hydrogens (tertiary/aromatic N) is 2. The molecule has 0 fully saturated rings. The molecule has 0 saturated carbocycles. The molecule has 0 spiro atoms. The van der Waals surface area contributed by atoms with E-state index >= 15 is 0 Å². The molecule has 2 heterocycles. The zero-order chi connectivity index (χ0) is 13.0. The molecule has 0 aliphatic carbocycles. The Bertz CT molecular complexity index is 525. The van der Waals surface area contributed by atoms with E-state index in [1.54, 1.807) is 11.3 Å². The average molecular weight is 263 g/mol. The van der Waals surface area contributed by atoms with Gasteiger partial charge < -0.3 is 10.1 Å². The summed E-state index contributed by atoms with van der Waals surface area (Å²) in [6, 6.07) is 3.93. The van der Waals surface area contributed by atoms with Crippen molar-refractivity contribution in [1.82, 2.24) is 15.3 Å². The van der Waals surface area contributed by atoms with Crippen molar-refractivity contribution >= 4 is 11.3 Å². The molecule has 0 amide bonds. The van der Waals surface area contributed by atoms with Crippen molar-refractivity contribution in [2.45, 2.75) is 27.0 Å². The van der Waals surface area contributed by atoms with Crippen LogP contribution in [-0.4, -0.2) is 17.0 Å². The highest BCUT2D eigenvalue weighted by atomic mass is 32.1. The van der Waals surface area contributed by atoms with Gasteiger partial charge in [-0.1, -0.05) is 0 Å². The van der Waals surface area contributed by atoms with Crippen LogP contribution in [0.5, 0.6) is 5.75 Å². The van der Waals surface area contributed by atoms with Gasteiger partial charge in [0.2, 0.25) is 0 Å². The van der Waals surface area contributed by atoms with Crippen molar-refractivity contribution in [1.29, 1.82) is 0 Å². The first-order valence-corrected chi connectivity index (χ1v) is 6.72. The lowest BCUT2D eigenvalue weighted by Crippen LogP contribution is -2.10. The van der Waals surface area contributed by atoms with Crippen LogP contribution >= 0.6 is 11.3 Å². The van der Waals surface area contributed by atoms with E-state index in [-0.39, 0.29) is 0 Å². The highest BCUT2D eigenvalue weighted by Gasteiger charge is 2.06. The molecule has 0 atom stereocenters. The van der Waals surface area contributed by atoms with Crippen LogP contribution in [0.4, 0.5) is 0 Å². The van der Waals surface area contributed by atoms with Crippen LogP contribution in [0.1, 0.15) is 22.1 Å². The van der Waals surface area contributed by atoms with Crippen molar-refractivity contribution in [2.75, 3.05) is 7.05 Å². The third-order valence-electron chi connectivity index (χ3n) is 2.43. The Labute approximate surface area is 111 Å². The first kappa shape index (κ1) is 13.0. The maximum Gasteiger partial charge on any atom is 0.142 e. The summed E-state index contributed by atoms with van der Waals surface area (Å²) in [6.07, 6.45) is 0. The summed E-state index contributed by atoms with van der Waals surface area (Å²) in [5.74, 6) is 0.822. The van der Waals surface area contributed by atoms with Crippen molar-refractivity contribution in [2.24, 2.45) is 0 Å². The molecule has 0 unspecified atom stereocenters. The number of aromatic nitrogens is 2. The Hall–Kier alpha value is -1.46. The number of hydrogen-bond donors (Lipinski definition) is 1. The maximum atomic E-state index is 5.79. The highest BCUT2D eigenvalue weighted by Crippen LogP contribution is 2.19. The molecule has 0 aliphatic heterocycles. The Kier molecular flexibility index (Phi) is 4.28. The fraction of sp³-hybridized carbons (Fsp3) is 0.385. The molecule has 96 valence electrons. The Morgan fingerprint density at radius 2 is 2.06 bits per heavy atom. The summed E-state index contributed by atoms with van der Waals surface area (Å²) in [7, 11) is 1.90. The Balaban J connectivity index is 2.08. The lowest BCUT2D eigenvalue weighted by Gasteiger charge is -2.10. The SMILES string of the molecule is CNCc1nc(C)ccc1OCc1nc(C)cs1. The molecular formula is C13H17N3OS. The quantitative estimate of drug-likeness (QED) is 0.900. The van der Waals surface area contributed by atoms with Crippen molar-refractivity contribution < 1.29 is 4.74 Å². The summed E-state index contributed by atoms with van der Waals surface area (Å²) in [5, 5.41) is 6.12. The van der Waals surface area contributed by atoms with Gasteiger partial charge in [0.05, 0.1) is 5.69 Å². The molecule has 1 N–H and O–H groups in total. The number of nitrogens with one attached hydrogen (secondary N) is 1. The zero-order valence-corrected chi connectivity index (χ0v) is 11.7. The van der Waals surface area contributed by atoms with Gasteiger partial charge in [-0.2, -0.15) is 0 Å².